The standard InChI is InChI=1S/C15H20N2O2/c18-15(9-12-10-16-7-8-19-12)17-14-6-5-11-3-1-2-4-13(11)14/h1-4,12,14,16H,5-10H2,(H,17,18). The minimum Gasteiger partial charge on any atom is -0.375 e. The first-order valence-corrected chi connectivity index (χ1v) is 7.02. The molecule has 1 saturated heterocycles. The zero-order valence-corrected chi connectivity index (χ0v) is 11.0. The lowest BCUT2D eigenvalue weighted by atomic mass is 10.1. The van der Waals surface area contributed by atoms with Gasteiger partial charge in [-0.2, -0.15) is 0 Å². The lowest BCUT2D eigenvalue weighted by Crippen LogP contribution is -2.41. The lowest BCUT2D eigenvalue weighted by molar-refractivity contribution is -0.125. The number of benzene rings is 1. The molecule has 1 aliphatic heterocycles. The Bertz CT molecular complexity index is 455. The van der Waals surface area contributed by atoms with Gasteiger partial charge in [0.15, 0.2) is 0 Å². The van der Waals surface area contributed by atoms with Crippen molar-refractivity contribution < 1.29 is 9.53 Å². The fraction of sp³-hybridized carbons (Fsp3) is 0.533. The van der Waals surface area contributed by atoms with Gasteiger partial charge in [-0.3, -0.25) is 4.79 Å². The van der Waals surface area contributed by atoms with Crippen molar-refractivity contribution in [1.82, 2.24) is 10.6 Å². The van der Waals surface area contributed by atoms with Gasteiger partial charge in [-0.1, -0.05) is 24.3 Å². The Labute approximate surface area is 113 Å². The number of amides is 1. The molecule has 1 fully saturated rings. The molecule has 19 heavy (non-hydrogen) atoms. The molecule has 3 rings (SSSR count). The molecular weight excluding hydrogens is 240 g/mol. The van der Waals surface area contributed by atoms with E-state index in [0.717, 1.165) is 25.9 Å². The predicted octanol–water partition coefficient (Wildman–Crippen LogP) is 1.17. The predicted molar refractivity (Wildman–Crippen MR) is 72.9 cm³/mol. The molecule has 2 atom stereocenters. The number of morpholine rings is 1. The highest BCUT2D eigenvalue weighted by Crippen LogP contribution is 2.30. The quantitative estimate of drug-likeness (QED) is 0.857. The van der Waals surface area contributed by atoms with Crippen LogP contribution in [0.15, 0.2) is 24.3 Å². The molecule has 0 aromatic heterocycles. The molecule has 0 radical (unpaired) electrons. The SMILES string of the molecule is O=C(CC1CNCCO1)NC1CCc2ccccc21. The van der Waals surface area contributed by atoms with E-state index in [2.05, 4.69) is 28.8 Å². The van der Waals surface area contributed by atoms with Gasteiger partial charge in [-0.05, 0) is 24.0 Å². The zero-order chi connectivity index (χ0) is 13.1. The van der Waals surface area contributed by atoms with Gasteiger partial charge in [0, 0.05) is 13.1 Å². The normalized spacial score (nSPS) is 25.9. The molecule has 1 amide bonds. The van der Waals surface area contributed by atoms with E-state index in [1.807, 2.05) is 6.07 Å². The first-order chi connectivity index (χ1) is 9.33. The average molecular weight is 260 g/mol. The van der Waals surface area contributed by atoms with Crippen molar-refractivity contribution >= 4 is 5.91 Å². The topological polar surface area (TPSA) is 50.4 Å². The molecule has 2 aliphatic rings. The molecule has 2 unspecified atom stereocenters. The van der Waals surface area contributed by atoms with Crippen molar-refractivity contribution in [2.24, 2.45) is 0 Å². The van der Waals surface area contributed by atoms with Gasteiger partial charge in [0.2, 0.25) is 5.91 Å². The smallest absolute Gasteiger partial charge is 0.223 e. The van der Waals surface area contributed by atoms with Crippen molar-refractivity contribution in [3.05, 3.63) is 35.4 Å². The maximum atomic E-state index is 12.1. The highest BCUT2D eigenvalue weighted by molar-refractivity contribution is 5.77. The fourth-order valence-electron chi connectivity index (χ4n) is 2.92. The summed E-state index contributed by atoms with van der Waals surface area (Å²) in [5.74, 6) is 0.0930. The maximum absolute atomic E-state index is 12.1. The summed E-state index contributed by atoms with van der Waals surface area (Å²) in [7, 11) is 0. The minimum atomic E-state index is 0.0189. The molecule has 4 heteroatoms. The Balaban J connectivity index is 1.55. The summed E-state index contributed by atoms with van der Waals surface area (Å²) in [4.78, 5) is 12.1. The van der Waals surface area contributed by atoms with Crippen molar-refractivity contribution in [1.29, 1.82) is 0 Å². The molecule has 0 saturated carbocycles. The van der Waals surface area contributed by atoms with Crippen LogP contribution in [-0.2, 0) is 16.0 Å². The molecule has 102 valence electrons. The van der Waals surface area contributed by atoms with E-state index in [1.54, 1.807) is 0 Å². The summed E-state index contributed by atoms with van der Waals surface area (Å²) in [5, 5.41) is 6.38. The van der Waals surface area contributed by atoms with Crippen LogP contribution in [0, 0.1) is 0 Å². The second-order valence-corrected chi connectivity index (χ2v) is 5.26. The van der Waals surface area contributed by atoms with E-state index in [4.69, 9.17) is 4.74 Å². The highest BCUT2D eigenvalue weighted by atomic mass is 16.5. The van der Waals surface area contributed by atoms with E-state index >= 15 is 0 Å². The number of carbonyl (C=O) groups excluding carboxylic acids is 1. The monoisotopic (exact) mass is 260 g/mol. The number of ether oxygens (including phenoxy) is 1. The van der Waals surface area contributed by atoms with Gasteiger partial charge in [0.25, 0.3) is 0 Å². The second-order valence-electron chi connectivity index (χ2n) is 5.26. The van der Waals surface area contributed by atoms with E-state index in [9.17, 15) is 4.79 Å². The first-order valence-electron chi connectivity index (χ1n) is 7.02. The van der Waals surface area contributed by atoms with Crippen LogP contribution in [0.1, 0.15) is 30.0 Å². The number of rotatable bonds is 3. The summed E-state index contributed by atoms with van der Waals surface area (Å²) in [6.45, 7) is 2.35. The fourth-order valence-corrected chi connectivity index (χ4v) is 2.92. The van der Waals surface area contributed by atoms with Gasteiger partial charge in [-0.25, -0.2) is 0 Å². The van der Waals surface area contributed by atoms with Crippen LogP contribution in [0.3, 0.4) is 0 Å². The number of fused-ring (bicyclic) bond motifs is 1. The van der Waals surface area contributed by atoms with Crippen molar-refractivity contribution in [2.45, 2.75) is 31.4 Å². The summed E-state index contributed by atoms with van der Waals surface area (Å²) in [5.41, 5.74) is 2.64. The molecule has 1 aliphatic carbocycles. The molecule has 2 N–H and O–H groups in total. The van der Waals surface area contributed by atoms with Crippen molar-refractivity contribution in [3.63, 3.8) is 0 Å². The Morgan fingerprint density at radius 2 is 2.32 bits per heavy atom. The summed E-state index contributed by atoms with van der Waals surface area (Å²) < 4.78 is 5.56. The van der Waals surface area contributed by atoms with Crippen LogP contribution in [0.25, 0.3) is 0 Å². The van der Waals surface area contributed by atoms with Crippen molar-refractivity contribution in [3.8, 4) is 0 Å². The number of hydrogen-bond acceptors (Lipinski definition) is 3. The third kappa shape index (κ3) is 2.96. The van der Waals surface area contributed by atoms with Crippen LogP contribution in [0.4, 0.5) is 0 Å². The summed E-state index contributed by atoms with van der Waals surface area (Å²) in [6, 6.07) is 8.55. The van der Waals surface area contributed by atoms with Crippen LogP contribution >= 0.6 is 0 Å². The Morgan fingerprint density at radius 1 is 1.42 bits per heavy atom. The van der Waals surface area contributed by atoms with Gasteiger partial charge in [0.1, 0.15) is 0 Å². The molecule has 1 aromatic carbocycles. The van der Waals surface area contributed by atoms with Crippen molar-refractivity contribution in [2.75, 3.05) is 19.7 Å². The third-order valence-electron chi connectivity index (χ3n) is 3.89. The van der Waals surface area contributed by atoms with Crippen LogP contribution in [-0.4, -0.2) is 31.7 Å². The highest BCUT2D eigenvalue weighted by Gasteiger charge is 2.25. The summed E-state index contributed by atoms with van der Waals surface area (Å²) >= 11 is 0. The third-order valence-corrected chi connectivity index (χ3v) is 3.89. The van der Waals surface area contributed by atoms with Gasteiger partial charge < -0.3 is 15.4 Å². The van der Waals surface area contributed by atoms with E-state index in [-0.39, 0.29) is 18.1 Å². The first kappa shape index (κ1) is 12.6. The van der Waals surface area contributed by atoms with Gasteiger partial charge in [0.05, 0.1) is 25.2 Å². The van der Waals surface area contributed by atoms with E-state index in [0.29, 0.717) is 13.0 Å². The van der Waals surface area contributed by atoms with Gasteiger partial charge in [-0.15, -0.1) is 0 Å². The van der Waals surface area contributed by atoms with Crippen LogP contribution < -0.4 is 10.6 Å². The van der Waals surface area contributed by atoms with Crippen LogP contribution in [0.2, 0.25) is 0 Å². The Hall–Kier alpha value is -1.39. The van der Waals surface area contributed by atoms with Gasteiger partial charge >= 0.3 is 0 Å². The van der Waals surface area contributed by atoms with E-state index < -0.39 is 0 Å². The second kappa shape index (κ2) is 5.72. The van der Waals surface area contributed by atoms with E-state index in [1.165, 1.54) is 11.1 Å². The Kier molecular flexibility index (Phi) is 3.80. The lowest BCUT2D eigenvalue weighted by Gasteiger charge is -2.24. The van der Waals surface area contributed by atoms with Crippen LogP contribution in [0.5, 0.6) is 0 Å². The molecule has 4 nitrogen and oxygen atoms in total. The number of nitrogens with one attached hydrogen (secondary N) is 2. The molecule has 1 aromatic rings. The summed E-state index contributed by atoms with van der Waals surface area (Å²) in [6.07, 6.45) is 2.54. The molecular formula is C15H20N2O2. The number of aryl methyl sites for hydroxylation is 1. The zero-order valence-electron chi connectivity index (χ0n) is 11.0. The molecule has 0 bridgehead atoms. The minimum absolute atomic E-state index is 0.0189. The molecule has 1 heterocycles. The maximum Gasteiger partial charge on any atom is 0.223 e. The average Bonchev–Trinajstić information content (AvgIpc) is 2.83. The number of hydrogen-bond donors (Lipinski definition) is 2. The Morgan fingerprint density at radius 3 is 3.16 bits per heavy atom. The number of carbonyl (C=O) groups is 1. The largest absolute Gasteiger partial charge is 0.375 e. The molecule has 0 spiro atoms.